The number of nitrogens with one attached hydrogen (secondary N) is 2. The van der Waals surface area contributed by atoms with Crippen LogP contribution in [0.4, 0.5) is 4.79 Å². The molecule has 21 heavy (non-hydrogen) atoms. The fourth-order valence-corrected chi connectivity index (χ4v) is 3.65. The molecule has 6 nitrogen and oxygen atoms in total. The van der Waals surface area contributed by atoms with E-state index in [9.17, 15) is 9.59 Å². The highest BCUT2D eigenvalue weighted by Crippen LogP contribution is 2.49. The summed E-state index contributed by atoms with van der Waals surface area (Å²) in [5, 5.41) is 0. The molecule has 1 heterocycles. The SMILES string of the molecule is O=C(NNC(=O)N1CCOCC1)[C@@H]1C[C@@H]1C1CCCCC1. The van der Waals surface area contributed by atoms with Crippen molar-refractivity contribution in [2.24, 2.45) is 17.8 Å². The lowest BCUT2D eigenvalue weighted by Crippen LogP contribution is -2.52. The summed E-state index contributed by atoms with van der Waals surface area (Å²) in [6, 6.07) is -0.235. The maximum Gasteiger partial charge on any atom is 0.336 e. The molecule has 3 fully saturated rings. The second-order valence-electron chi connectivity index (χ2n) is 6.42. The minimum Gasteiger partial charge on any atom is -0.378 e. The molecule has 0 radical (unpaired) electrons. The minimum absolute atomic E-state index is 0.0211. The molecule has 0 aromatic carbocycles. The van der Waals surface area contributed by atoms with Gasteiger partial charge < -0.3 is 9.64 Å². The van der Waals surface area contributed by atoms with E-state index in [-0.39, 0.29) is 17.9 Å². The molecule has 3 amide bonds. The van der Waals surface area contributed by atoms with E-state index in [1.807, 2.05) is 0 Å². The number of hydrogen-bond acceptors (Lipinski definition) is 3. The minimum atomic E-state index is -0.235. The summed E-state index contributed by atoms with van der Waals surface area (Å²) >= 11 is 0. The van der Waals surface area contributed by atoms with E-state index in [0.29, 0.717) is 32.2 Å². The fraction of sp³-hybridized carbons (Fsp3) is 0.867. The predicted octanol–water partition coefficient (Wildman–Crippen LogP) is 1.28. The van der Waals surface area contributed by atoms with Gasteiger partial charge in [0, 0.05) is 19.0 Å². The highest BCUT2D eigenvalue weighted by Gasteiger charge is 2.47. The first kappa shape index (κ1) is 14.6. The van der Waals surface area contributed by atoms with Crippen molar-refractivity contribution in [1.29, 1.82) is 0 Å². The van der Waals surface area contributed by atoms with Crippen molar-refractivity contribution < 1.29 is 14.3 Å². The van der Waals surface area contributed by atoms with E-state index in [0.717, 1.165) is 12.3 Å². The van der Waals surface area contributed by atoms with Gasteiger partial charge in [-0.1, -0.05) is 32.1 Å². The van der Waals surface area contributed by atoms with Gasteiger partial charge in [-0.2, -0.15) is 0 Å². The first-order valence-corrected chi connectivity index (χ1v) is 8.18. The van der Waals surface area contributed by atoms with E-state index in [1.165, 1.54) is 32.1 Å². The van der Waals surface area contributed by atoms with E-state index in [1.54, 1.807) is 4.90 Å². The molecule has 2 aliphatic carbocycles. The lowest BCUT2D eigenvalue weighted by Gasteiger charge is -2.27. The molecule has 1 aliphatic heterocycles. The number of urea groups is 1. The van der Waals surface area contributed by atoms with Crippen LogP contribution in [0.25, 0.3) is 0 Å². The average Bonchev–Trinajstić information content (AvgIpc) is 3.35. The lowest BCUT2D eigenvalue weighted by atomic mass is 9.85. The smallest absolute Gasteiger partial charge is 0.336 e. The molecule has 0 unspecified atom stereocenters. The zero-order valence-corrected chi connectivity index (χ0v) is 12.5. The molecule has 118 valence electrons. The third-order valence-corrected chi connectivity index (χ3v) is 5.02. The number of carbonyl (C=O) groups is 2. The number of nitrogens with zero attached hydrogens (tertiary/aromatic N) is 1. The molecule has 6 heteroatoms. The maximum atomic E-state index is 12.1. The maximum absolute atomic E-state index is 12.1. The molecule has 0 aromatic rings. The van der Waals surface area contributed by atoms with Crippen LogP contribution in [0.1, 0.15) is 38.5 Å². The van der Waals surface area contributed by atoms with Gasteiger partial charge in [0.1, 0.15) is 0 Å². The van der Waals surface area contributed by atoms with Gasteiger partial charge >= 0.3 is 6.03 Å². The molecule has 2 N–H and O–H groups in total. The Labute approximate surface area is 125 Å². The Hall–Kier alpha value is -1.30. The Morgan fingerprint density at radius 2 is 1.71 bits per heavy atom. The van der Waals surface area contributed by atoms with E-state index < -0.39 is 0 Å². The first-order valence-electron chi connectivity index (χ1n) is 8.18. The van der Waals surface area contributed by atoms with E-state index in [4.69, 9.17) is 4.74 Å². The number of ether oxygens (including phenoxy) is 1. The number of rotatable bonds is 2. The van der Waals surface area contributed by atoms with Crippen molar-refractivity contribution in [2.75, 3.05) is 26.3 Å². The fourth-order valence-electron chi connectivity index (χ4n) is 3.65. The monoisotopic (exact) mass is 295 g/mol. The second kappa shape index (κ2) is 6.64. The molecule has 2 saturated carbocycles. The van der Waals surface area contributed by atoms with E-state index in [2.05, 4.69) is 10.9 Å². The molecule has 3 rings (SSSR count). The predicted molar refractivity (Wildman–Crippen MR) is 77.2 cm³/mol. The van der Waals surface area contributed by atoms with Crippen LogP contribution in [0.5, 0.6) is 0 Å². The summed E-state index contributed by atoms with van der Waals surface area (Å²) in [7, 11) is 0. The van der Waals surface area contributed by atoms with Gasteiger partial charge in [-0.15, -0.1) is 0 Å². The Morgan fingerprint density at radius 1 is 1.00 bits per heavy atom. The molecule has 1 saturated heterocycles. The van der Waals surface area contributed by atoms with Crippen molar-refractivity contribution in [2.45, 2.75) is 38.5 Å². The summed E-state index contributed by atoms with van der Waals surface area (Å²) in [4.78, 5) is 25.6. The van der Waals surface area contributed by atoms with Crippen molar-refractivity contribution in [3.8, 4) is 0 Å². The molecule has 0 spiro atoms. The van der Waals surface area contributed by atoms with Crippen LogP contribution in [-0.4, -0.2) is 43.1 Å². The van der Waals surface area contributed by atoms with Crippen LogP contribution in [-0.2, 0) is 9.53 Å². The number of morpholine rings is 1. The van der Waals surface area contributed by atoms with Crippen LogP contribution in [0, 0.1) is 17.8 Å². The average molecular weight is 295 g/mol. The van der Waals surface area contributed by atoms with Crippen LogP contribution in [0.15, 0.2) is 0 Å². The first-order chi connectivity index (χ1) is 10.3. The number of carbonyl (C=O) groups excluding carboxylic acids is 2. The topological polar surface area (TPSA) is 70.7 Å². The summed E-state index contributed by atoms with van der Waals surface area (Å²) in [5.41, 5.74) is 5.12. The third kappa shape index (κ3) is 3.67. The summed E-state index contributed by atoms with van der Waals surface area (Å²) < 4.78 is 5.20. The Balaban J connectivity index is 1.37. The summed E-state index contributed by atoms with van der Waals surface area (Å²) in [5.74, 6) is 1.36. The summed E-state index contributed by atoms with van der Waals surface area (Å²) in [6.45, 7) is 2.28. The molecule has 2 atom stereocenters. The van der Waals surface area contributed by atoms with Crippen molar-refractivity contribution in [3.05, 3.63) is 0 Å². The van der Waals surface area contributed by atoms with Gasteiger partial charge in [0.2, 0.25) is 5.91 Å². The largest absolute Gasteiger partial charge is 0.378 e. The van der Waals surface area contributed by atoms with Crippen LogP contribution in [0.2, 0.25) is 0 Å². The summed E-state index contributed by atoms with van der Waals surface area (Å²) in [6.07, 6.45) is 7.50. The van der Waals surface area contributed by atoms with Gasteiger partial charge in [-0.05, 0) is 18.3 Å². The van der Waals surface area contributed by atoms with E-state index >= 15 is 0 Å². The van der Waals surface area contributed by atoms with Crippen LogP contribution in [0.3, 0.4) is 0 Å². The number of amides is 3. The van der Waals surface area contributed by atoms with Crippen LogP contribution < -0.4 is 10.9 Å². The van der Waals surface area contributed by atoms with Gasteiger partial charge in [-0.3, -0.25) is 10.2 Å². The molecular formula is C15H25N3O3. The lowest BCUT2D eigenvalue weighted by molar-refractivity contribution is -0.123. The van der Waals surface area contributed by atoms with Crippen molar-refractivity contribution >= 4 is 11.9 Å². The number of hydrogen-bond donors (Lipinski definition) is 2. The van der Waals surface area contributed by atoms with Gasteiger partial charge in [0.05, 0.1) is 13.2 Å². The van der Waals surface area contributed by atoms with Gasteiger partial charge in [0.25, 0.3) is 0 Å². The molecule has 3 aliphatic rings. The normalized spacial score (nSPS) is 29.8. The van der Waals surface area contributed by atoms with Crippen molar-refractivity contribution in [1.82, 2.24) is 15.8 Å². The van der Waals surface area contributed by atoms with Gasteiger partial charge in [0.15, 0.2) is 0 Å². The highest BCUT2D eigenvalue weighted by atomic mass is 16.5. The highest BCUT2D eigenvalue weighted by molar-refractivity contribution is 5.84. The molecule has 0 bridgehead atoms. The quantitative estimate of drug-likeness (QED) is 0.754. The van der Waals surface area contributed by atoms with Gasteiger partial charge in [-0.25, -0.2) is 10.2 Å². The molecule has 0 aromatic heterocycles. The third-order valence-electron chi connectivity index (χ3n) is 5.02. The Bertz CT molecular complexity index is 390. The number of hydrazine groups is 1. The zero-order valence-electron chi connectivity index (χ0n) is 12.5. The zero-order chi connectivity index (χ0) is 14.7. The molecular weight excluding hydrogens is 270 g/mol. The Morgan fingerprint density at radius 3 is 2.43 bits per heavy atom. The standard InChI is InChI=1S/C15H25N3O3/c19-14(13-10-12(13)11-4-2-1-3-5-11)16-17-15(20)18-6-8-21-9-7-18/h11-13H,1-10H2,(H,16,19)(H,17,20)/t12-,13-/m1/s1. The Kier molecular flexibility index (Phi) is 4.63. The second-order valence-corrected chi connectivity index (χ2v) is 6.42. The van der Waals surface area contributed by atoms with Crippen LogP contribution >= 0.6 is 0 Å². The van der Waals surface area contributed by atoms with Crippen molar-refractivity contribution in [3.63, 3.8) is 0 Å².